The number of aromatic carboxylic acids is 1. The fourth-order valence-corrected chi connectivity index (χ4v) is 5.25. The van der Waals surface area contributed by atoms with Gasteiger partial charge in [0.2, 0.25) is 10.0 Å². The molecule has 1 aliphatic heterocycles. The zero-order valence-corrected chi connectivity index (χ0v) is 17.5. The van der Waals surface area contributed by atoms with E-state index in [9.17, 15) is 18.3 Å². The summed E-state index contributed by atoms with van der Waals surface area (Å²) in [5.41, 5.74) is 0.848. The van der Waals surface area contributed by atoms with Crippen molar-refractivity contribution in [1.29, 1.82) is 0 Å². The van der Waals surface area contributed by atoms with Crippen LogP contribution >= 0.6 is 22.9 Å². The SMILES string of the molecule is CCCc1nc(Nc2cc(S(=O)(=O)N3CCOCC3)ccc2Cl)sc1C(=O)O. The first kappa shape index (κ1) is 21.0. The molecule has 1 fully saturated rings. The molecule has 152 valence electrons. The second-order valence-electron chi connectivity index (χ2n) is 6.13. The van der Waals surface area contributed by atoms with E-state index >= 15 is 0 Å². The number of carboxylic acid groups (broad SMARTS) is 1. The number of aryl methyl sites for hydroxylation is 1. The maximum Gasteiger partial charge on any atom is 0.347 e. The van der Waals surface area contributed by atoms with Crippen LogP contribution < -0.4 is 5.32 Å². The molecule has 0 radical (unpaired) electrons. The molecular formula is C17H20ClN3O5S2. The molecule has 0 unspecified atom stereocenters. The molecule has 8 nitrogen and oxygen atoms in total. The zero-order valence-electron chi connectivity index (χ0n) is 15.1. The summed E-state index contributed by atoms with van der Waals surface area (Å²) < 4.78 is 32.3. The van der Waals surface area contributed by atoms with E-state index in [0.717, 1.165) is 17.8 Å². The van der Waals surface area contributed by atoms with E-state index in [2.05, 4.69) is 10.3 Å². The highest BCUT2D eigenvalue weighted by atomic mass is 35.5. The van der Waals surface area contributed by atoms with E-state index < -0.39 is 16.0 Å². The standard InChI is InChI=1S/C17H20ClN3O5S2/c1-2-3-13-15(16(22)23)27-17(19-13)20-14-10-11(4-5-12(14)18)28(24,25)21-6-8-26-9-7-21/h4-5,10H,2-3,6-9H2,1H3,(H,19,20)(H,22,23). The predicted molar refractivity (Wildman–Crippen MR) is 107 cm³/mol. The number of aromatic nitrogens is 1. The van der Waals surface area contributed by atoms with Crippen molar-refractivity contribution in [2.24, 2.45) is 0 Å². The summed E-state index contributed by atoms with van der Waals surface area (Å²) >= 11 is 7.22. The first-order valence-corrected chi connectivity index (χ1v) is 11.3. The summed E-state index contributed by atoms with van der Waals surface area (Å²) in [7, 11) is -3.68. The predicted octanol–water partition coefficient (Wildman–Crippen LogP) is 3.21. The van der Waals surface area contributed by atoms with Gasteiger partial charge in [0.05, 0.1) is 34.5 Å². The van der Waals surface area contributed by atoms with E-state index in [1.807, 2.05) is 6.92 Å². The van der Waals surface area contributed by atoms with Crippen LogP contribution in [0.5, 0.6) is 0 Å². The molecule has 1 aliphatic rings. The van der Waals surface area contributed by atoms with Crippen molar-refractivity contribution < 1.29 is 23.1 Å². The van der Waals surface area contributed by atoms with Gasteiger partial charge in [-0.3, -0.25) is 0 Å². The Balaban J connectivity index is 1.90. The molecular weight excluding hydrogens is 426 g/mol. The molecule has 11 heteroatoms. The van der Waals surface area contributed by atoms with E-state index in [0.29, 0.717) is 54.3 Å². The lowest BCUT2D eigenvalue weighted by Crippen LogP contribution is -2.40. The minimum absolute atomic E-state index is 0.102. The molecule has 0 saturated carbocycles. The summed E-state index contributed by atoms with van der Waals surface area (Å²) in [5.74, 6) is -1.04. The number of anilines is 2. The topological polar surface area (TPSA) is 109 Å². The number of nitrogens with zero attached hydrogens (tertiary/aromatic N) is 2. The van der Waals surface area contributed by atoms with Gasteiger partial charge in [-0.2, -0.15) is 4.31 Å². The lowest BCUT2D eigenvalue weighted by molar-refractivity contribution is 0.0700. The maximum atomic E-state index is 12.8. The second-order valence-corrected chi connectivity index (χ2v) is 9.48. The van der Waals surface area contributed by atoms with Crippen LogP contribution in [0.3, 0.4) is 0 Å². The summed E-state index contributed by atoms with van der Waals surface area (Å²) in [6, 6.07) is 4.38. The third-order valence-corrected chi connectivity index (χ3v) is 7.39. The number of ether oxygens (including phenoxy) is 1. The van der Waals surface area contributed by atoms with Crippen LogP contribution in [0, 0.1) is 0 Å². The third-order valence-electron chi connectivity index (χ3n) is 4.17. The van der Waals surface area contributed by atoms with Crippen molar-refractivity contribution in [3.8, 4) is 0 Å². The van der Waals surface area contributed by atoms with E-state index in [1.165, 1.54) is 22.5 Å². The van der Waals surface area contributed by atoms with Gasteiger partial charge >= 0.3 is 5.97 Å². The Bertz CT molecular complexity index is 971. The minimum Gasteiger partial charge on any atom is -0.477 e. The highest BCUT2D eigenvalue weighted by molar-refractivity contribution is 7.89. The molecule has 2 N–H and O–H groups in total. The van der Waals surface area contributed by atoms with Gasteiger partial charge in [0, 0.05) is 13.1 Å². The number of nitrogens with one attached hydrogen (secondary N) is 1. The highest BCUT2D eigenvalue weighted by Gasteiger charge is 2.27. The van der Waals surface area contributed by atoms with Gasteiger partial charge in [0.15, 0.2) is 5.13 Å². The van der Waals surface area contributed by atoms with Gasteiger partial charge in [-0.1, -0.05) is 36.3 Å². The van der Waals surface area contributed by atoms with E-state index in [-0.39, 0.29) is 9.77 Å². The molecule has 0 amide bonds. The normalized spacial score (nSPS) is 15.5. The Morgan fingerprint density at radius 3 is 2.75 bits per heavy atom. The number of carbonyl (C=O) groups is 1. The molecule has 1 aromatic carbocycles. The number of carboxylic acids is 1. The number of halogens is 1. The first-order valence-electron chi connectivity index (χ1n) is 8.70. The molecule has 0 bridgehead atoms. The monoisotopic (exact) mass is 445 g/mol. The van der Waals surface area contributed by atoms with Gasteiger partial charge < -0.3 is 15.2 Å². The Labute approximate surface area is 172 Å². The molecule has 28 heavy (non-hydrogen) atoms. The number of morpholine rings is 1. The van der Waals surface area contributed by atoms with Gasteiger partial charge in [-0.25, -0.2) is 18.2 Å². The summed E-state index contributed by atoms with van der Waals surface area (Å²) in [6.07, 6.45) is 1.30. The Hall–Kier alpha value is -1.72. The molecule has 0 atom stereocenters. The van der Waals surface area contributed by atoms with Gasteiger partial charge in [-0.05, 0) is 24.6 Å². The summed E-state index contributed by atoms with van der Waals surface area (Å²) in [4.78, 5) is 16.0. The van der Waals surface area contributed by atoms with Crippen molar-refractivity contribution in [3.05, 3.63) is 33.8 Å². The number of sulfonamides is 1. The smallest absolute Gasteiger partial charge is 0.347 e. The van der Waals surface area contributed by atoms with Crippen molar-refractivity contribution in [1.82, 2.24) is 9.29 Å². The summed E-state index contributed by atoms with van der Waals surface area (Å²) in [5, 5.41) is 13.0. The quantitative estimate of drug-likeness (QED) is 0.673. The second kappa shape index (κ2) is 8.75. The number of rotatable bonds is 7. The van der Waals surface area contributed by atoms with Crippen molar-refractivity contribution in [2.45, 2.75) is 24.7 Å². The van der Waals surface area contributed by atoms with Crippen LogP contribution in [0.25, 0.3) is 0 Å². The average Bonchev–Trinajstić information content (AvgIpc) is 3.07. The highest BCUT2D eigenvalue weighted by Crippen LogP contribution is 2.32. The molecule has 1 saturated heterocycles. The third kappa shape index (κ3) is 4.47. The molecule has 2 aromatic rings. The zero-order chi connectivity index (χ0) is 20.3. The van der Waals surface area contributed by atoms with Gasteiger partial charge in [0.1, 0.15) is 4.88 Å². The van der Waals surface area contributed by atoms with Crippen molar-refractivity contribution >= 4 is 49.7 Å². The summed E-state index contributed by atoms with van der Waals surface area (Å²) in [6.45, 7) is 3.24. The van der Waals surface area contributed by atoms with Crippen LogP contribution in [0.2, 0.25) is 5.02 Å². The van der Waals surface area contributed by atoms with Crippen LogP contribution in [0.15, 0.2) is 23.1 Å². The maximum absolute atomic E-state index is 12.8. The van der Waals surface area contributed by atoms with Crippen LogP contribution in [-0.4, -0.2) is 55.1 Å². The lowest BCUT2D eigenvalue weighted by atomic mass is 10.2. The van der Waals surface area contributed by atoms with Gasteiger partial charge in [-0.15, -0.1) is 0 Å². The number of thiazole rings is 1. The Morgan fingerprint density at radius 1 is 1.39 bits per heavy atom. The Kier molecular flexibility index (Phi) is 6.56. The van der Waals surface area contributed by atoms with Crippen LogP contribution in [0.4, 0.5) is 10.8 Å². The minimum atomic E-state index is -3.68. The van der Waals surface area contributed by atoms with E-state index in [4.69, 9.17) is 16.3 Å². The Morgan fingerprint density at radius 2 is 2.11 bits per heavy atom. The van der Waals surface area contributed by atoms with Gasteiger partial charge in [0.25, 0.3) is 0 Å². The number of benzene rings is 1. The molecule has 0 spiro atoms. The molecule has 0 aliphatic carbocycles. The largest absolute Gasteiger partial charge is 0.477 e. The van der Waals surface area contributed by atoms with Crippen molar-refractivity contribution in [2.75, 3.05) is 31.6 Å². The number of hydrogen-bond donors (Lipinski definition) is 2. The van der Waals surface area contributed by atoms with Crippen molar-refractivity contribution in [3.63, 3.8) is 0 Å². The molecule has 3 rings (SSSR count). The number of hydrogen-bond acceptors (Lipinski definition) is 7. The first-order chi connectivity index (χ1) is 13.3. The molecule has 2 heterocycles. The van der Waals surface area contributed by atoms with E-state index in [1.54, 1.807) is 0 Å². The average molecular weight is 446 g/mol. The van der Waals surface area contributed by atoms with Crippen LogP contribution in [-0.2, 0) is 21.2 Å². The molecule has 1 aromatic heterocycles. The fraction of sp³-hybridized carbons (Fsp3) is 0.412. The van der Waals surface area contributed by atoms with Crippen LogP contribution in [0.1, 0.15) is 28.7 Å². The lowest BCUT2D eigenvalue weighted by Gasteiger charge is -2.26. The fourth-order valence-electron chi connectivity index (χ4n) is 2.79.